The fourth-order valence-electron chi connectivity index (χ4n) is 4.25. The molecule has 23 heavy (non-hydrogen) atoms. The van der Waals surface area contributed by atoms with Crippen molar-refractivity contribution in [1.29, 1.82) is 0 Å². The Morgan fingerprint density at radius 2 is 1.83 bits per heavy atom. The van der Waals surface area contributed by atoms with E-state index in [-0.39, 0.29) is 5.41 Å². The lowest BCUT2D eigenvalue weighted by Gasteiger charge is -2.32. The van der Waals surface area contributed by atoms with E-state index in [0.717, 1.165) is 37.4 Å². The molecule has 1 saturated heterocycles. The van der Waals surface area contributed by atoms with Gasteiger partial charge < -0.3 is 14.6 Å². The molecule has 2 heterocycles. The number of fused-ring (bicyclic) bond motifs is 3. The predicted octanol–water partition coefficient (Wildman–Crippen LogP) is 2.48. The summed E-state index contributed by atoms with van der Waals surface area (Å²) in [5.74, 6) is 1.62. The Morgan fingerprint density at radius 3 is 2.52 bits per heavy atom. The molecule has 3 aliphatic rings. The van der Waals surface area contributed by atoms with E-state index in [1.807, 2.05) is 12.2 Å². The van der Waals surface area contributed by atoms with Crippen molar-refractivity contribution in [1.82, 2.24) is 4.90 Å². The topological polar surface area (TPSA) is 41.9 Å². The molecule has 4 heteroatoms. The minimum Gasteiger partial charge on any atom is -0.493 e. The van der Waals surface area contributed by atoms with Crippen LogP contribution in [0.2, 0.25) is 0 Å². The van der Waals surface area contributed by atoms with Gasteiger partial charge in [-0.3, -0.25) is 4.90 Å². The fourth-order valence-corrected chi connectivity index (χ4v) is 4.25. The summed E-state index contributed by atoms with van der Waals surface area (Å²) in [5, 5.41) is 9.68. The van der Waals surface area contributed by atoms with E-state index < -0.39 is 6.10 Å². The zero-order valence-electron chi connectivity index (χ0n) is 13.7. The normalized spacial score (nSPS) is 32.0. The minimum atomic E-state index is -0.435. The largest absolute Gasteiger partial charge is 0.493 e. The highest BCUT2D eigenvalue weighted by Crippen LogP contribution is 2.50. The third kappa shape index (κ3) is 2.37. The van der Waals surface area contributed by atoms with E-state index in [9.17, 15) is 5.11 Å². The molecule has 0 saturated carbocycles. The molecule has 4 rings (SSSR count). The summed E-state index contributed by atoms with van der Waals surface area (Å²) in [6, 6.07) is 4.69. The first-order valence-corrected chi connectivity index (χ1v) is 8.20. The lowest BCUT2D eigenvalue weighted by molar-refractivity contribution is 0.235. The van der Waals surface area contributed by atoms with E-state index in [2.05, 4.69) is 29.2 Å². The molecule has 0 amide bonds. The van der Waals surface area contributed by atoms with Crippen LogP contribution < -0.4 is 9.47 Å². The fraction of sp³-hybridized carbons (Fsp3) is 0.474. The van der Waals surface area contributed by atoms with Crippen LogP contribution in [0.1, 0.15) is 23.6 Å². The third-order valence-electron chi connectivity index (χ3n) is 5.44. The van der Waals surface area contributed by atoms with Crippen molar-refractivity contribution in [2.75, 3.05) is 27.3 Å². The van der Waals surface area contributed by atoms with Crippen molar-refractivity contribution >= 4 is 0 Å². The van der Waals surface area contributed by atoms with Gasteiger partial charge in [0.25, 0.3) is 0 Å². The van der Waals surface area contributed by atoms with E-state index >= 15 is 0 Å². The van der Waals surface area contributed by atoms with Crippen molar-refractivity contribution in [3.05, 3.63) is 47.6 Å². The Balaban J connectivity index is 1.70. The number of ether oxygens (including phenoxy) is 2. The first kappa shape index (κ1) is 14.8. The average molecular weight is 313 g/mol. The molecule has 1 unspecified atom stereocenters. The summed E-state index contributed by atoms with van der Waals surface area (Å²) in [6.45, 7) is 2.09. The second kappa shape index (κ2) is 5.39. The number of hydrogen-bond donors (Lipinski definition) is 1. The maximum absolute atomic E-state index is 9.68. The Hall–Kier alpha value is -1.78. The van der Waals surface area contributed by atoms with Crippen molar-refractivity contribution in [3.63, 3.8) is 0 Å². The summed E-state index contributed by atoms with van der Waals surface area (Å²) < 4.78 is 10.9. The van der Waals surface area contributed by atoms with Crippen molar-refractivity contribution < 1.29 is 14.6 Å². The van der Waals surface area contributed by atoms with Gasteiger partial charge in [-0.25, -0.2) is 0 Å². The SMILES string of the molecule is COc1cc2c(cc1OC)C1CC3(C=CC(O)C=C3)CN1CC2. The van der Waals surface area contributed by atoms with Gasteiger partial charge in [0.05, 0.1) is 20.3 Å². The molecule has 1 aliphatic carbocycles. The lowest BCUT2D eigenvalue weighted by atomic mass is 9.80. The zero-order valence-corrected chi connectivity index (χ0v) is 13.7. The minimum absolute atomic E-state index is 0.0542. The lowest BCUT2D eigenvalue weighted by Crippen LogP contribution is -2.32. The summed E-state index contributed by atoms with van der Waals surface area (Å²) in [4.78, 5) is 2.56. The van der Waals surface area contributed by atoms with Gasteiger partial charge in [-0.15, -0.1) is 0 Å². The van der Waals surface area contributed by atoms with Gasteiger partial charge in [-0.05, 0) is 36.1 Å². The average Bonchev–Trinajstić information content (AvgIpc) is 2.95. The molecule has 1 fully saturated rings. The molecule has 1 spiro atoms. The van der Waals surface area contributed by atoms with Crippen molar-refractivity contribution in [2.45, 2.75) is 25.0 Å². The summed E-state index contributed by atoms with van der Waals surface area (Å²) in [5.41, 5.74) is 2.78. The number of benzene rings is 1. The molecule has 1 aromatic rings. The van der Waals surface area contributed by atoms with Crippen LogP contribution in [0.4, 0.5) is 0 Å². The Labute approximate surface area is 137 Å². The predicted molar refractivity (Wildman–Crippen MR) is 88.9 cm³/mol. The summed E-state index contributed by atoms with van der Waals surface area (Å²) >= 11 is 0. The van der Waals surface area contributed by atoms with Crippen LogP contribution in [0.3, 0.4) is 0 Å². The van der Waals surface area contributed by atoms with Gasteiger partial charge in [0, 0.05) is 24.5 Å². The van der Waals surface area contributed by atoms with E-state index in [1.54, 1.807) is 14.2 Å². The smallest absolute Gasteiger partial charge is 0.161 e. The van der Waals surface area contributed by atoms with Crippen LogP contribution >= 0.6 is 0 Å². The number of nitrogens with zero attached hydrogens (tertiary/aromatic N) is 1. The maximum Gasteiger partial charge on any atom is 0.161 e. The quantitative estimate of drug-likeness (QED) is 0.852. The molecule has 1 N–H and O–H groups in total. The highest BCUT2D eigenvalue weighted by atomic mass is 16.5. The summed E-state index contributed by atoms with van der Waals surface area (Å²) in [6.07, 6.45) is 9.86. The molecular formula is C19H23NO3. The molecule has 4 nitrogen and oxygen atoms in total. The Kier molecular flexibility index (Phi) is 3.47. The van der Waals surface area contributed by atoms with Crippen LogP contribution in [0, 0.1) is 5.41 Å². The molecule has 122 valence electrons. The van der Waals surface area contributed by atoms with Gasteiger partial charge in [0.2, 0.25) is 0 Å². The van der Waals surface area contributed by atoms with Crippen LogP contribution in [0.5, 0.6) is 11.5 Å². The molecule has 0 aromatic heterocycles. The van der Waals surface area contributed by atoms with Crippen LogP contribution in [0.25, 0.3) is 0 Å². The van der Waals surface area contributed by atoms with Crippen molar-refractivity contribution in [2.24, 2.45) is 5.41 Å². The van der Waals surface area contributed by atoms with Crippen LogP contribution in [-0.2, 0) is 6.42 Å². The Morgan fingerprint density at radius 1 is 1.13 bits per heavy atom. The van der Waals surface area contributed by atoms with Crippen LogP contribution in [0.15, 0.2) is 36.4 Å². The van der Waals surface area contributed by atoms with Crippen molar-refractivity contribution in [3.8, 4) is 11.5 Å². The van der Waals surface area contributed by atoms with E-state index in [0.29, 0.717) is 6.04 Å². The maximum atomic E-state index is 9.68. The highest BCUT2D eigenvalue weighted by Gasteiger charge is 2.44. The van der Waals surface area contributed by atoms with E-state index in [4.69, 9.17) is 9.47 Å². The molecule has 0 bridgehead atoms. The van der Waals surface area contributed by atoms with Gasteiger partial charge >= 0.3 is 0 Å². The first-order valence-electron chi connectivity index (χ1n) is 8.20. The first-order chi connectivity index (χ1) is 11.1. The number of rotatable bonds is 2. The molecule has 1 atom stereocenters. The number of aliphatic hydroxyl groups excluding tert-OH is 1. The molecule has 2 aliphatic heterocycles. The van der Waals surface area contributed by atoms with Gasteiger partial charge in [0.15, 0.2) is 11.5 Å². The highest BCUT2D eigenvalue weighted by molar-refractivity contribution is 5.50. The van der Waals surface area contributed by atoms with E-state index in [1.165, 1.54) is 11.1 Å². The number of hydrogen-bond acceptors (Lipinski definition) is 4. The second-order valence-corrected chi connectivity index (χ2v) is 6.79. The Bertz CT molecular complexity index is 665. The standard InChI is InChI=1S/C19H23NO3/c1-22-17-9-13-5-8-20-12-19(6-3-14(21)4-7-19)11-16(20)15(13)10-18(17)23-2/h3-4,6-7,9-10,14,16,21H,5,8,11-12H2,1-2H3. The summed E-state index contributed by atoms with van der Waals surface area (Å²) in [7, 11) is 3.38. The molecule has 1 aromatic carbocycles. The van der Waals surface area contributed by atoms with Gasteiger partial charge in [-0.1, -0.05) is 24.3 Å². The number of methoxy groups -OCH3 is 2. The number of aliphatic hydroxyl groups is 1. The zero-order chi connectivity index (χ0) is 16.0. The van der Waals surface area contributed by atoms with Crippen LogP contribution in [-0.4, -0.2) is 43.4 Å². The second-order valence-electron chi connectivity index (χ2n) is 6.79. The van der Waals surface area contributed by atoms with Gasteiger partial charge in [-0.2, -0.15) is 0 Å². The third-order valence-corrected chi connectivity index (χ3v) is 5.44. The molecular weight excluding hydrogens is 290 g/mol. The monoisotopic (exact) mass is 313 g/mol. The molecule has 0 radical (unpaired) electrons. The van der Waals surface area contributed by atoms with Gasteiger partial charge in [0.1, 0.15) is 0 Å².